The molecule has 0 bridgehead atoms. The maximum Gasteiger partial charge on any atom is 0.276 e. The number of likely N-dealkylation sites (tertiary alicyclic amines) is 1. The fourth-order valence-electron chi connectivity index (χ4n) is 2.48. The monoisotopic (exact) mass is 377 g/mol. The first kappa shape index (κ1) is 14.6. The lowest BCUT2D eigenvalue weighted by molar-refractivity contribution is 0.173. The van der Waals surface area contributed by atoms with E-state index in [0.717, 1.165) is 25.9 Å². The second kappa shape index (κ2) is 7.14. The van der Waals surface area contributed by atoms with Gasteiger partial charge in [-0.15, -0.1) is 0 Å². The Morgan fingerprint density at radius 1 is 1.47 bits per heavy atom. The molecule has 0 amide bonds. The lowest BCUT2D eigenvalue weighted by Gasteiger charge is -2.32. The van der Waals surface area contributed by atoms with Gasteiger partial charge in [0, 0.05) is 31.9 Å². The molecule has 0 saturated carbocycles. The van der Waals surface area contributed by atoms with Gasteiger partial charge in [-0.05, 0) is 47.6 Å². The molecule has 4 nitrogen and oxygen atoms in total. The first-order chi connectivity index (χ1) is 9.26. The third-order valence-corrected chi connectivity index (χ3v) is 3.77. The van der Waals surface area contributed by atoms with Crippen LogP contribution in [0, 0.1) is 0 Å². The Morgan fingerprint density at radius 3 is 2.84 bits per heavy atom. The van der Waals surface area contributed by atoms with Gasteiger partial charge < -0.3 is 9.47 Å². The van der Waals surface area contributed by atoms with E-state index in [9.17, 15) is 9.18 Å². The normalized spacial score (nSPS) is 18.2. The van der Waals surface area contributed by atoms with Gasteiger partial charge in [0.2, 0.25) is 0 Å². The van der Waals surface area contributed by atoms with Crippen molar-refractivity contribution in [2.75, 3.05) is 26.3 Å². The molecule has 0 aliphatic carbocycles. The number of aromatic nitrogens is 1. The van der Waals surface area contributed by atoms with Gasteiger partial charge in [0.05, 0.1) is 4.22 Å². The zero-order valence-corrected chi connectivity index (χ0v) is 12.8. The Hall–Kier alpha value is -0.760. The average molecular weight is 377 g/mol. The van der Waals surface area contributed by atoms with Gasteiger partial charge in [0.15, 0.2) is 0 Å². The molecule has 6 heteroatoms. The van der Waals surface area contributed by atoms with E-state index in [2.05, 4.69) is 9.89 Å². The maximum absolute atomic E-state index is 12.3. The number of nitrogens with zero attached hydrogens (tertiary/aromatic N) is 3. The summed E-state index contributed by atoms with van der Waals surface area (Å²) in [7, 11) is 0. The zero-order chi connectivity index (χ0) is 13.7. The Balaban J connectivity index is 2.11. The molecule has 1 aromatic rings. The number of rotatable bonds is 4. The lowest BCUT2D eigenvalue weighted by atomic mass is 10.0. The third kappa shape index (κ3) is 3.62. The summed E-state index contributed by atoms with van der Waals surface area (Å²) in [5.74, 6) is 0. The van der Waals surface area contributed by atoms with Crippen LogP contribution in [0.4, 0.5) is 10.1 Å². The van der Waals surface area contributed by atoms with Crippen LogP contribution in [0.25, 0.3) is 0 Å². The van der Waals surface area contributed by atoms with Crippen LogP contribution in [0.2, 0.25) is 0 Å². The second-order valence-electron chi connectivity index (χ2n) is 4.59. The quantitative estimate of drug-likeness (QED) is 0.598. The molecule has 0 N–H and O–H groups in total. The molecular formula is C13H17FIN3O. The van der Waals surface area contributed by atoms with Gasteiger partial charge in [0.1, 0.15) is 12.4 Å². The van der Waals surface area contributed by atoms with Gasteiger partial charge >= 0.3 is 0 Å². The molecule has 1 aliphatic heterocycles. The Morgan fingerprint density at radius 2 is 2.21 bits per heavy atom. The van der Waals surface area contributed by atoms with E-state index in [1.165, 1.54) is 0 Å². The van der Waals surface area contributed by atoms with Gasteiger partial charge in [-0.3, -0.25) is 4.79 Å². The van der Waals surface area contributed by atoms with Crippen molar-refractivity contribution in [1.82, 2.24) is 9.47 Å². The van der Waals surface area contributed by atoms with E-state index in [-0.39, 0.29) is 18.3 Å². The molecule has 19 heavy (non-hydrogen) atoms. The minimum atomic E-state index is -0.301. The molecule has 2 rings (SSSR count). The van der Waals surface area contributed by atoms with E-state index in [1.807, 2.05) is 34.9 Å². The molecule has 0 unspecified atom stereocenters. The summed E-state index contributed by atoms with van der Waals surface area (Å²) in [6.45, 7) is 1.90. The number of alkyl halides is 1. The first-order valence-corrected chi connectivity index (χ1v) is 7.63. The van der Waals surface area contributed by atoms with Crippen LogP contribution in [0.1, 0.15) is 18.9 Å². The van der Waals surface area contributed by atoms with Gasteiger partial charge in [0.25, 0.3) is 5.56 Å². The molecular weight excluding hydrogens is 360 g/mol. The molecule has 0 atom stereocenters. The summed E-state index contributed by atoms with van der Waals surface area (Å²) in [6, 6.07) is 3.79. The summed E-state index contributed by atoms with van der Waals surface area (Å²) in [6.07, 6.45) is 3.60. The molecule has 2 heterocycles. The van der Waals surface area contributed by atoms with E-state index >= 15 is 0 Å². The minimum absolute atomic E-state index is 0.0423. The number of piperidine rings is 1. The smallest absolute Gasteiger partial charge is 0.276 e. The highest BCUT2D eigenvalue weighted by atomic mass is 127. The van der Waals surface area contributed by atoms with Gasteiger partial charge in [-0.25, -0.2) is 9.38 Å². The summed E-state index contributed by atoms with van der Waals surface area (Å²) in [4.78, 5) is 18.4. The molecule has 0 aromatic carbocycles. The van der Waals surface area contributed by atoms with Crippen molar-refractivity contribution in [2.45, 2.75) is 18.9 Å². The summed E-state index contributed by atoms with van der Waals surface area (Å²) < 4.78 is 15.7. The molecule has 1 fully saturated rings. The summed E-state index contributed by atoms with van der Waals surface area (Å²) in [5.41, 5.74) is 0.433. The molecule has 104 valence electrons. The van der Waals surface area contributed by atoms with Gasteiger partial charge in [-0.2, -0.15) is 0 Å². The van der Waals surface area contributed by atoms with Crippen LogP contribution >= 0.6 is 22.6 Å². The first-order valence-electron chi connectivity index (χ1n) is 6.38. The average Bonchev–Trinajstić information content (AvgIpc) is 2.43. The molecule has 0 spiro atoms. The third-order valence-electron chi connectivity index (χ3n) is 3.49. The van der Waals surface area contributed by atoms with Gasteiger partial charge in [-0.1, -0.05) is 0 Å². The number of hydrogen-bond acceptors (Lipinski definition) is 3. The van der Waals surface area contributed by atoms with E-state index in [0.29, 0.717) is 12.2 Å². The Kier molecular flexibility index (Phi) is 5.50. The van der Waals surface area contributed by atoms with Crippen LogP contribution in [-0.2, 0) is 0 Å². The highest BCUT2D eigenvalue weighted by Gasteiger charge is 2.21. The number of aliphatic imine (C=N–C) groups is 1. The largest absolute Gasteiger partial charge is 0.311 e. The highest BCUT2D eigenvalue weighted by Crippen LogP contribution is 2.21. The maximum atomic E-state index is 12.3. The van der Waals surface area contributed by atoms with E-state index in [4.69, 9.17) is 0 Å². The molecule has 1 aromatic heterocycles. The van der Waals surface area contributed by atoms with Crippen molar-refractivity contribution in [2.24, 2.45) is 4.99 Å². The van der Waals surface area contributed by atoms with Crippen LogP contribution in [0.3, 0.4) is 0 Å². The van der Waals surface area contributed by atoms with Crippen molar-refractivity contribution < 1.29 is 4.39 Å². The Labute approximate surface area is 125 Å². The number of halogens is 2. The zero-order valence-electron chi connectivity index (χ0n) is 10.6. The Bertz CT molecular complexity index is 495. The second-order valence-corrected chi connectivity index (χ2v) is 5.15. The molecule has 1 saturated heterocycles. The van der Waals surface area contributed by atoms with Crippen molar-refractivity contribution in [3.05, 3.63) is 28.7 Å². The van der Waals surface area contributed by atoms with Crippen molar-refractivity contribution in [3.8, 4) is 0 Å². The molecule has 0 radical (unpaired) electrons. The molecule has 1 aliphatic rings. The fraction of sp³-hybridized carbons (Fsp3) is 0.538. The SMILES string of the molecule is O=c1c(N=CI)cccn1C1CCN(CCF)CC1. The topological polar surface area (TPSA) is 37.6 Å². The minimum Gasteiger partial charge on any atom is -0.311 e. The van der Waals surface area contributed by atoms with Crippen LogP contribution in [-0.4, -0.2) is 40.0 Å². The predicted octanol–water partition coefficient (Wildman–Crippen LogP) is 2.55. The van der Waals surface area contributed by atoms with Crippen molar-refractivity contribution in [1.29, 1.82) is 0 Å². The lowest BCUT2D eigenvalue weighted by Crippen LogP contribution is -2.38. The van der Waals surface area contributed by atoms with Crippen LogP contribution in [0.5, 0.6) is 0 Å². The number of pyridine rings is 1. The van der Waals surface area contributed by atoms with E-state index < -0.39 is 0 Å². The number of hydrogen-bond donors (Lipinski definition) is 0. The van der Waals surface area contributed by atoms with Crippen LogP contribution < -0.4 is 5.56 Å². The summed E-state index contributed by atoms with van der Waals surface area (Å²) in [5, 5.41) is 0. The summed E-state index contributed by atoms with van der Waals surface area (Å²) >= 11 is 2.00. The van der Waals surface area contributed by atoms with E-state index in [1.54, 1.807) is 14.9 Å². The fourth-order valence-corrected chi connectivity index (χ4v) is 2.78. The van der Waals surface area contributed by atoms with Crippen molar-refractivity contribution in [3.63, 3.8) is 0 Å². The van der Waals surface area contributed by atoms with Crippen LogP contribution in [0.15, 0.2) is 28.1 Å². The van der Waals surface area contributed by atoms with Crippen molar-refractivity contribution >= 4 is 32.5 Å². The highest BCUT2D eigenvalue weighted by molar-refractivity contribution is 14.1. The predicted molar refractivity (Wildman–Crippen MR) is 83.6 cm³/mol. The standard InChI is InChI=1S/C13H17FIN3O/c14-5-9-17-7-3-11(4-8-17)18-6-1-2-12(13(18)19)16-10-15/h1-2,6,10-11H,3-5,7-9H2.